The molecule has 2 aromatic rings. The molecule has 82 valence electrons. The summed E-state index contributed by atoms with van der Waals surface area (Å²) in [6.07, 6.45) is 6.40. The zero-order valence-corrected chi connectivity index (χ0v) is 8.63. The van der Waals surface area contributed by atoms with E-state index < -0.39 is 5.97 Å². The van der Waals surface area contributed by atoms with Gasteiger partial charge in [-0.05, 0) is 25.2 Å². The van der Waals surface area contributed by atoms with Crippen LogP contribution >= 0.6 is 0 Å². The highest BCUT2D eigenvalue weighted by atomic mass is 16.4. The monoisotopic (exact) mass is 217 g/mol. The lowest BCUT2D eigenvalue weighted by atomic mass is 10.2. The topological polar surface area (TPSA) is 67.5 Å². The minimum atomic E-state index is -0.978. The molecule has 3 rings (SSSR count). The van der Waals surface area contributed by atoms with Crippen LogP contribution in [0.1, 0.15) is 28.9 Å². The summed E-state index contributed by atoms with van der Waals surface area (Å²) in [4.78, 5) is 14.8. The van der Waals surface area contributed by atoms with Gasteiger partial charge in [0, 0.05) is 18.5 Å². The predicted molar refractivity (Wildman–Crippen MR) is 56.4 cm³/mol. The fraction of sp³-hybridized carbons (Fsp3) is 0.364. The van der Waals surface area contributed by atoms with Gasteiger partial charge >= 0.3 is 5.97 Å². The van der Waals surface area contributed by atoms with Crippen LogP contribution < -0.4 is 0 Å². The Morgan fingerprint density at radius 2 is 2.38 bits per heavy atom. The second kappa shape index (κ2) is 3.30. The van der Waals surface area contributed by atoms with Crippen molar-refractivity contribution >= 4 is 11.6 Å². The van der Waals surface area contributed by atoms with Crippen molar-refractivity contribution in [2.24, 2.45) is 5.92 Å². The maximum absolute atomic E-state index is 10.8. The number of fused-ring (bicyclic) bond motifs is 1. The fourth-order valence-corrected chi connectivity index (χ4v) is 1.75. The summed E-state index contributed by atoms with van der Waals surface area (Å²) in [7, 11) is 0. The molecular formula is C11H11N3O2. The lowest BCUT2D eigenvalue weighted by molar-refractivity contribution is 0.0695. The van der Waals surface area contributed by atoms with Crippen molar-refractivity contribution < 1.29 is 9.90 Å². The predicted octanol–water partition coefficient (Wildman–Crippen LogP) is 1.38. The van der Waals surface area contributed by atoms with Gasteiger partial charge in [-0.1, -0.05) is 0 Å². The van der Waals surface area contributed by atoms with Crippen LogP contribution in [0.3, 0.4) is 0 Å². The first kappa shape index (κ1) is 9.33. The van der Waals surface area contributed by atoms with E-state index in [4.69, 9.17) is 5.11 Å². The van der Waals surface area contributed by atoms with Crippen LogP contribution in [-0.4, -0.2) is 25.7 Å². The van der Waals surface area contributed by atoms with Gasteiger partial charge in [0.1, 0.15) is 0 Å². The molecule has 0 radical (unpaired) electrons. The number of carbonyl (C=O) groups is 1. The van der Waals surface area contributed by atoms with E-state index in [2.05, 4.69) is 10.1 Å². The van der Waals surface area contributed by atoms with E-state index in [9.17, 15) is 4.79 Å². The number of carboxylic acids is 1. The molecule has 2 aromatic heterocycles. The van der Waals surface area contributed by atoms with E-state index in [0.717, 1.165) is 18.0 Å². The molecule has 0 amide bonds. The molecule has 0 atom stereocenters. The smallest absolute Gasteiger partial charge is 0.338 e. The highest BCUT2D eigenvalue weighted by Gasteiger charge is 2.22. The molecule has 2 heterocycles. The molecule has 1 saturated carbocycles. The Kier molecular flexibility index (Phi) is 1.92. The van der Waals surface area contributed by atoms with Crippen LogP contribution in [0.25, 0.3) is 5.65 Å². The molecule has 0 bridgehead atoms. The molecule has 0 aliphatic heterocycles. The van der Waals surface area contributed by atoms with Gasteiger partial charge in [0.25, 0.3) is 0 Å². The summed E-state index contributed by atoms with van der Waals surface area (Å²) in [5.41, 5.74) is 1.87. The molecule has 1 N–H and O–H groups in total. The van der Waals surface area contributed by atoms with Crippen LogP contribution in [0.4, 0.5) is 0 Å². The number of hydrogen-bond acceptors (Lipinski definition) is 3. The highest BCUT2D eigenvalue weighted by molar-refractivity contribution is 5.87. The normalized spacial score (nSPS) is 15.5. The van der Waals surface area contributed by atoms with Crippen LogP contribution in [0.2, 0.25) is 0 Å². The lowest BCUT2D eigenvalue weighted by Gasteiger charge is -1.94. The molecule has 16 heavy (non-hydrogen) atoms. The van der Waals surface area contributed by atoms with Crippen molar-refractivity contribution in [1.82, 2.24) is 14.6 Å². The minimum absolute atomic E-state index is 0.161. The Morgan fingerprint density at radius 1 is 1.56 bits per heavy atom. The fourth-order valence-electron chi connectivity index (χ4n) is 1.75. The summed E-state index contributed by atoms with van der Waals surface area (Å²) in [5.74, 6) is -0.211. The number of aromatic nitrogens is 3. The van der Waals surface area contributed by atoms with Crippen molar-refractivity contribution in [3.63, 3.8) is 0 Å². The van der Waals surface area contributed by atoms with E-state index in [1.54, 1.807) is 4.52 Å². The third-order valence-electron chi connectivity index (χ3n) is 2.81. The molecule has 0 unspecified atom stereocenters. The van der Waals surface area contributed by atoms with E-state index >= 15 is 0 Å². The Bertz CT molecular complexity index is 557. The summed E-state index contributed by atoms with van der Waals surface area (Å²) in [6.45, 7) is 0. The lowest BCUT2D eigenvalue weighted by Crippen LogP contribution is -2.01. The van der Waals surface area contributed by atoms with Gasteiger partial charge in [-0.25, -0.2) is 14.3 Å². The third kappa shape index (κ3) is 1.64. The number of aromatic carboxylic acids is 1. The average Bonchev–Trinajstić information content (AvgIpc) is 2.96. The zero-order chi connectivity index (χ0) is 11.1. The van der Waals surface area contributed by atoms with Crippen molar-refractivity contribution in [1.29, 1.82) is 0 Å². The van der Waals surface area contributed by atoms with Gasteiger partial charge in [0.2, 0.25) is 0 Å². The first-order valence-electron chi connectivity index (χ1n) is 5.30. The summed E-state index contributed by atoms with van der Waals surface area (Å²) in [6, 6.07) is 1.92. The maximum atomic E-state index is 10.8. The van der Waals surface area contributed by atoms with Gasteiger partial charge < -0.3 is 5.11 Å². The van der Waals surface area contributed by atoms with Crippen molar-refractivity contribution in [2.45, 2.75) is 19.3 Å². The second-order valence-corrected chi connectivity index (χ2v) is 4.23. The van der Waals surface area contributed by atoms with Crippen molar-refractivity contribution in [3.05, 3.63) is 29.7 Å². The van der Waals surface area contributed by atoms with Gasteiger partial charge in [-0.15, -0.1) is 0 Å². The van der Waals surface area contributed by atoms with Crippen LogP contribution in [-0.2, 0) is 6.42 Å². The average molecular weight is 217 g/mol. The highest BCUT2D eigenvalue weighted by Crippen LogP contribution is 2.32. The zero-order valence-electron chi connectivity index (χ0n) is 8.63. The molecule has 1 fully saturated rings. The van der Waals surface area contributed by atoms with Crippen LogP contribution in [0, 0.1) is 5.92 Å². The van der Waals surface area contributed by atoms with Gasteiger partial charge in [0.05, 0.1) is 11.3 Å². The quantitative estimate of drug-likeness (QED) is 0.843. The van der Waals surface area contributed by atoms with Crippen LogP contribution in [0.5, 0.6) is 0 Å². The maximum Gasteiger partial charge on any atom is 0.338 e. The minimum Gasteiger partial charge on any atom is -0.478 e. The standard InChI is InChI=1S/C11H11N3O2/c15-11(16)8-5-12-10-4-9(3-7-1-2-7)13-14(10)6-8/h4-7H,1-3H2,(H,15,16). The number of rotatable bonds is 3. The molecule has 5 heteroatoms. The Labute approximate surface area is 91.7 Å². The molecule has 5 nitrogen and oxygen atoms in total. The summed E-state index contributed by atoms with van der Waals surface area (Å²) in [5, 5.41) is 13.2. The third-order valence-corrected chi connectivity index (χ3v) is 2.81. The molecular weight excluding hydrogens is 206 g/mol. The van der Waals surface area contributed by atoms with Crippen molar-refractivity contribution in [2.75, 3.05) is 0 Å². The van der Waals surface area contributed by atoms with E-state index in [-0.39, 0.29) is 5.56 Å². The number of hydrogen-bond donors (Lipinski definition) is 1. The summed E-state index contributed by atoms with van der Waals surface area (Å²) >= 11 is 0. The first-order chi connectivity index (χ1) is 7.72. The Morgan fingerprint density at radius 3 is 3.06 bits per heavy atom. The van der Waals surface area contributed by atoms with Gasteiger partial charge in [-0.3, -0.25) is 0 Å². The van der Waals surface area contributed by atoms with Crippen molar-refractivity contribution in [3.8, 4) is 0 Å². The van der Waals surface area contributed by atoms with Gasteiger partial charge in [-0.2, -0.15) is 5.10 Å². The largest absolute Gasteiger partial charge is 0.478 e. The SMILES string of the molecule is O=C(O)c1cnc2cc(CC3CC3)nn2c1. The molecule has 0 aromatic carbocycles. The first-order valence-corrected chi connectivity index (χ1v) is 5.30. The Balaban J connectivity index is 1.99. The van der Waals surface area contributed by atoms with Gasteiger partial charge in [0.15, 0.2) is 5.65 Å². The molecule has 1 aliphatic rings. The number of nitrogens with zero attached hydrogens (tertiary/aromatic N) is 3. The van der Waals surface area contributed by atoms with E-state index in [0.29, 0.717) is 5.65 Å². The second-order valence-electron chi connectivity index (χ2n) is 4.23. The molecule has 1 aliphatic carbocycles. The van der Waals surface area contributed by atoms with E-state index in [1.165, 1.54) is 25.2 Å². The molecule has 0 saturated heterocycles. The Hall–Kier alpha value is -1.91. The number of carboxylic acid groups (broad SMARTS) is 1. The summed E-state index contributed by atoms with van der Waals surface area (Å²) < 4.78 is 1.54. The van der Waals surface area contributed by atoms with Crippen LogP contribution in [0.15, 0.2) is 18.5 Å². The van der Waals surface area contributed by atoms with E-state index in [1.807, 2.05) is 6.07 Å². The molecule has 0 spiro atoms.